The predicted octanol–water partition coefficient (Wildman–Crippen LogP) is 2.96. The van der Waals surface area contributed by atoms with Gasteiger partial charge in [-0.25, -0.2) is 4.79 Å². The summed E-state index contributed by atoms with van der Waals surface area (Å²) < 4.78 is 10.7. The number of carbonyl (C=O) groups is 1. The van der Waals surface area contributed by atoms with Crippen molar-refractivity contribution in [3.05, 3.63) is 23.8 Å². The van der Waals surface area contributed by atoms with Gasteiger partial charge in [0, 0.05) is 0 Å². The second-order valence-corrected chi connectivity index (χ2v) is 3.73. The van der Waals surface area contributed by atoms with Gasteiger partial charge in [0.2, 0.25) is 0 Å². The SMILES string of the molecule is CCCCCOc1ccc(C(=O)O)cc1OC. The average Bonchev–Trinajstić information content (AvgIpc) is 2.34. The molecule has 4 heteroatoms. The molecule has 1 rings (SSSR count). The van der Waals surface area contributed by atoms with Gasteiger partial charge in [-0.2, -0.15) is 0 Å². The Labute approximate surface area is 101 Å². The maximum absolute atomic E-state index is 10.8. The van der Waals surface area contributed by atoms with E-state index in [1.165, 1.54) is 19.2 Å². The first-order chi connectivity index (χ1) is 8.19. The first-order valence-electron chi connectivity index (χ1n) is 5.73. The van der Waals surface area contributed by atoms with Crippen molar-refractivity contribution in [3.8, 4) is 11.5 Å². The summed E-state index contributed by atoms with van der Waals surface area (Å²) in [6, 6.07) is 4.62. The summed E-state index contributed by atoms with van der Waals surface area (Å²) in [5.74, 6) is 0.0795. The van der Waals surface area contributed by atoms with Crippen LogP contribution in [-0.4, -0.2) is 24.8 Å². The number of benzene rings is 1. The predicted molar refractivity (Wildman–Crippen MR) is 65.0 cm³/mol. The molecule has 0 amide bonds. The fraction of sp³-hybridized carbons (Fsp3) is 0.462. The maximum atomic E-state index is 10.8. The second kappa shape index (κ2) is 6.78. The molecule has 17 heavy (non-hydrogen) atoms. The van der Waals surface area contributed by atoms with Gasteiger partial charge < -0.3 is 14.6 Å². The molecule has 0 saturated heterocycles. The molecule has 0 aromatic heterocycles. The number of aromatic carboxylic acids is 1. The van der Waals surface area contributed by atoms with Crippen molar-refractivity contribution >= 4 is 5.97 Å². The smallest absolute Gasteiger partial charge is 0.335 e. The fourth-order valence-corrected chi connectivity index (χ4v) is 1.45. The third-order valence-corrected chi connectivity index (χ3v) is 2.42. The summed E-state index contributed by atoms with van der Waals surface area (Å²) in [5.41, 5.74) is 0.197. The standard InChI is InChI=1S/C13H18O4/c1-3-4-5-8-17-11-7-6-10(13(14)15)9-12(11)16-2/h6-7,9H,3-5,8H2,1-2H3,(H,14,15). The van der Waals surface area contributed by atoms with Crippen LogP contribution >= 0.6 is 0 Å². The van der Waals surface area contributed by atoms with Crippen molar-refractivity contribution in [1.82, 2.24) is 0 Å². The van der Waals surface area contributed by atoms with E-state index in [4.69, 9.17) is 14.6 Å². The molecule has 0 aliphatic rings. The highest BCUT2D eigenvalue weighted by atomic mass is 16.5. The van der Waals surface area contributed by atoms with Gasteiger partial charge in [0.25, 0.3) is 0 Å². The summed E-state index contributed by atoms with van der Waals surface area (Å²) in [7, 11) is 1.50. The molecule has 0 heterocycles. The van der Waals surface area contributed by atoms with Gasteiger partial charge in [-0.15, -0.1) is 0 Å². The lowest BCUT2D eigenvalue weighted by Crippen LogP contribution is -2.01. The van der Waals surface area contributed by atoms with Crippen molar-refractivity contribution in [3.63, 3.8) is 0 Å². The first kappa shape index (κ1) is 13.4. The van der Waals surface area contributed by atoms with E-state index in [1.807, 2.05) is 0 Å². The van der Waals surface area contributed by atoms with Crippen LogP contribution in [0, 0.1) is 0 Å². The molecule has 0 aliphatic heterocycles. The Balaban J connectivity index is 2.68. The lowest BCUT2D eigenvalue weighted by atomic mass is 10.2. The molecule has 0 saturated carbocycles. The molecule has 1 aromatic carbocycles. The van der Waals surface area contributed by atoms with E-state index in [1.54, 1.807) is 6.07 Å². The van der Waals surface area contributed by atoms with Crippen molar-refractivity contribution in [2.24, 2.45) is 0 Å². The van der Waals surface area contributed by atoms with Gasteiger partial charge in [0.05, 0.1) is 19.3 Å². The Bertz CT molecular complexity index is 374. The molecule has 1 N–H and O–H groups in total. The zero-order valence-corrected chi connectivity index (χ0v) is 10.2. The summed E-state index contributed by atoms with van der Waals surface area (Å²) in [5, 5.41) is 8.85. The Morgan fingerprint density at radius 1 is 1.29 bits per heavy atom. The number of unbranched alkanes of at least 4 members (excludes halogenated alkanes) is 2. The minimum atomic E-state index is -0.971. The first-order valence-corrected chi connectivity index (χ1v) is 5.73. The molecule has 0 atom stereocenters. The summed E-state index contributed by atoms with van der Waals surface area (Å²) in [6.45, 7) is 2.75. The Morgan fingerprint density at radius 3 is 2.65 bits per heavy atom. The molecule has 0 bridgehead atoms. The van der Waals surface area contributed by atoms with Gasteiger partial charge in [-0.3, -0.25) is 0 Å². The highest BCUT2D eigenvalue weighted by Gasteiger charge is 2.09. The van der Waals surface area contributed by atoms with Gasteiger partial charge >= 0.3 is 5.97 Å². The van der Waals surface area contributed by atoms with E-state index in [2.05, 4.69) is 6.92 Å². The molecule has 1 aromatic rings. The number of carboxylic acids is 1. The normalized spacial score (nSPS) is 10.0. The van der Waals surface area contributed by atoms with Crippen LogP contribution in [0.1, 0.15) is 36.5 Å². The molecular weight excluding hydrogens is 220 g/mol. The van der Waals surface area contributed by atoms with E-state index in [-0.39, 0.29) is 5.56 Å². The Hall–Kier alpha value is -1.71. The number of rotatable bonds is 7. The third-order valence-electron chi connectivity index (χ3n) is 2.42. The van der Waals surface area contributed by atoms with Crippen LogP contribution in [0.25, 0.3) is 0 Å². The summed E-state index contributed by atoms with van der Waals surface area (Å²) in [4.78, 5) is 10.8. The van der Waals surface area contributed by atoms with Crippen LogP contribution in [0.5, 0.6) is 11.5 Å². The monoisotopic (exact) mass is 238 g/mol. The molecule has 0 radical (unpaired) electrons. The van der Waals surface area contributed by atoms with E-state index in [0.717, 1.165) is 19.3 Å². The molecule has 0 spiro atoms. The average molecular weight is 238 g/mol. The molecular formula is C13H18O4. The minimum Gasteiger partial charge on any atom is -0.493 e. The maximum Gasteiger partial charge on any atom is 0.335 e. The Morgan fingerprint density at radius 2 is 2.06 bits per heavy atom. The van der Waals surface area contributed by atoms with Crippen molar-refractivity contribution in [1.29, 1.82) is 0 Å². The number of hydrogen-bond donors (Lipinski definition) is 1. The van der Waals surface area contributed by atoms with Crippen LogP contribution in [0.15, 0.2) is 18.2 Å². The van der Waals surface area contributed by atoms with E-state index >= 15 is 0 Å². The number of methoxy groups -OCH3 is 1. The van der Waals surface area contributed by atoms with Crippen molar-refractivity contribution < 1.29 is 19.4 Å². The third kappa shape index (κ3) is 3.98. The van der Waals surface area contributed by atoms with E-state index in [9.17, 15) is 4.79 Å². The fourth-order valence-electron chi connectivity index (χ4n) is 1.45. The summed E-state index contributed by atoms with van der Waals surface area (Å²) in [6.07, 6.45) is 3.24. The number of ether oxygens (including phenoxy) is 2. The lowest BCUT2D eigenvalue weighted by molar-refractivity contribution is 0.0696. The largest absolute Gasteiger partial charge is 0.493 e. The minimum absolute atomic E-state index is 0.197. The topological polar surface area (TPSA) is 55.8 Å². The zero-order valence-electron chi connectivity index (χ0n) is 10.2. The van der Waals surface area contributed by atoms with Crippen molar-refractivity contribution in [2.75, 3.05) is 13.7 Å². The van der Waals surface area contributed by atoms with Crippen LogP contribution in [-0.2, 0) is 0 Å². The number of hydrogen-bond acceptors (Lipinski definition) is 3. The quantitative estimate of drug-likeness (QED) is 0.742. The lowest BCUT2D eigenvalue weighted by Gasteiger charge is -2.10. The Kier molecular flexibility index (Phi) is 5.33. The number of carboxylic acid groups (broad SMARTS) is 1. The van der Waals surface area contributed by atoms with E-state index < -0.39 is 5.97 Å². The van der Waals surface area contributed by atoms with Crippen LogP contribution < -0.4 is 9.47 Å². The molecule has 0 aliphatic carbocycles. The van der Waals surface area contributed by atoms with Gasteiger partial charge in [-0.1, -0.05) is 19.8 Å². The van der Waals surface area contributed by atoms with Crippen LogP contribution in [0.3, 0.4) is 0 Å². The highest BCUT2D eigenvalue weighted by Crippen LogP contribution is 2.28. The second-order valence-electron chi connectivity index (χ2n) is 3.73. The molecule has 94 valence electrons. The van der Waals surface area contributed by atoms with Crippen LogP contribution in [0.4, 0.5) is 0 Å². The zero-order chi connectivity index (χ0) is 12.7. The van der Waals surface area contributed by atoms with Gasteiger partial charge in [-0.05, 0) is 24.6 Å². The molecule has 0 unspecified atom stereocenters. The van der Waals surface area contributed by atoms with Gasteiger partial charge in [0.1, 0.15) is 0 Å². The van der Waals surface area contributed by atoms with E-state index in [0.29, 0.717) is 18.1 Å². The molecule has 4 nitrogen and oxygen atoms in total. The van der Waals surface area contributed by atoms with Gasteiger partial charge in [0.15, 0.2) is 11.5 Å². The highest BCUT2D eigenvalue weighted by molar-refractivity contribution is 5.88. The summed E-state index contributed by atoms with van der Waals surface area (Å²) >= 11 is 0. The van der Waals surface area contributed by atoms with Crippen molar-refractivity contribution in [2.45, 2.75) is 26.2 Å². The van der Waals surface area contributed by atoms with Crippen LogP contribution in [0.2, 0.25) is 0 Å². The molecule has 0 fully saturated rings.